The quantitative estimate of drug-likeness (QED) is 0.326. The number of halogens is 3. The molecule has 1 fully saturated rings. The molecule has 2 heterocycles. The highest BCUT2D eigenvalue weighted by atomic mass is 35.5. The van der Waals surface area contributed by atoms with E-state index in [0.29, 0.717) is 10.6 Å². The molecule has 150 valence electrons. The van der Waals surface area contributed by atoms with E-state index in [1.165, 1.54) is 24.2 Å². The first-order valence-electron chi connectivity index (χ1n) is 8.46. The second kappa shape index (κ2) is 7.74. The second-order valence-corrected chi connectivity index (χ2v) is 7.60. The Morgan fingerprint density at radius 1 is 1.34 bits per heavy atom. The van der Waals surface area contributed by atoms with E-state index >= 15 is 0 Å². The van der Waals surface area contributed by atoms with Gasteiger partial charge in [-0.25, -0.2) is 23.2 Å². The number of epoxide rings is 1. The van der Waals surface area contributed by atoms with Gasteiger partial charge in [-0.3, -0.25) is 0 Å². The number of aromatic nitrogens is 3. The first kappa shape index (κ1) is 19.8. The highest BCUT2D eigenvalue weighted by Gasteiger charge is 2.61. The first-order valence-corrected chi connectivity index (χ1v) is 9.65. The van der Waals surface area contributed by atoms with Gasteiger partial charge in [0.2, 0.25) is 0 Å². The van der Waals surface area contributed by atoms with Crippen molar-refractivity contribution in [3.8, 4) is 0 Å². The predicted octanol–water partition coefficient (Wildman–Crippen LogP) is 4.74. The third kappa shape index (κ3) is 3.73. The number of thioether (sulfide) groups is 1. The van der Waals surface area contributed by atoms with E-state index in [9.17, 15) is 13.6 Å². The summed E-state index contributed by atoms with van der Waals surface area (Å²) >= 11 is 7.05. The third-order valence-electron chi connectivity index (χ3n) is 4.58. The fourth-order valence-corrected chi connectivity index (χ4v) is 3.99. The zero-order valence-electron chi connectivity index (χ0n) is 15.0. The lowest BCUT2D eigenvalue weighted by molar-refractivity contribution is 0.200. The molecule has 0 aliphatic carbocycles. The fourth-order valence-electron chi connectivity index (χ4n) is 3.20. The average molecular weight is 438 g/mol. The van der Waals surface area contributed by atoms with Gasteiger partial charge < -0.3 is 9.47 Å². The van der Waals surface area contributed by atoms with E-state index in [-0.39, 0.29) is 17.3 Å². The van der Waals surface area contributed by atoms with Crippen LogP contribution in [0.3, 0.4) is 0 Å². The van der Waals surface area contributed by atoms with Gasteiger partial charge in [0.15, 0.2) is 5.16 Å². The minimum absolute atomic E-state index is 0.0325. The average Bonchev–Trinajstić information content (AvgIpc) is 3.24. The lowest BCUT2D eigenvalue weighted by Crippen LogP contribution is -2.22. The van der Waals surface area contributed by atoms with Crippen LogP contribution in [0.4, 0.5) is 13.6 Å². The number of hydrogen-bond acceptors (Lipinski definition) is 6. The van der Waals surface area contributed by atoms with Crippen LogP contribution in [-0.2, 0) is 21.6 Å². The Morgan fingerprint density at radius 2 is 2.14 bits per heavy atom. The van der Waals surface area contributed by atoms with E-state index in [1.807, 2.05) is 0 Å². The highest BCUT2D eigenvalue weighted by Crippen LogP contribution is 2.59. The predicted molar refractivity (Wildman–Crippen MR) is 102 cm³/mol. The van der Waals surface area contributed by atoms with E-state index in [1.54, 1.807) is 24.3 Å². The van der Waals surface area contributed by atoms with Crippen LogP contribution >= 0.6 is 23.4 Å². The van der Waals surface area contributed by atoms with Crippen LogP contribution in [-0.4, -0.2) is 27.2 Å². The summed E-state index contributed by atoms with van der Waals surface area (Å²) in [6, 6.07) is 10.4. The summed E-state index contributed by atoms with van der Waals surface area (Å²) < 4.78 is 40.2. The van der Waals surface area contributed by atoms with Crippen LogP contribution in [0, 0.1) is 11.6 Å². The number of carbonyl (C=O) groups excluding carboxylic acids is 1. The molecule has 0 saturated carbocycles. The van der Waals surface area contributed by atoms with Crippen LogP contribution in [0.25, 0.3) is 0 Å². The van der Waals surface area contributed by atoms with E-state index < -0.39 is 28.6 Å². The van der Waals surface area contributed by atoms with Crippen molar-refractivity contribution in [2.45, 2.75) is 23.4 Å². The molecule has 1 aliphatic heterocycles. The maximum absolute atomic E-state index is 14.7. The van der Waals surface area contributed by atoms with E-state index in [4.69, 9.17) is 16.3 Å². The van der Waals surface area contributed by atoms with E-state index in [0.717, 1.165) is 23.9 Å². The first-order chi connectivity index (χ1) is 13.9. The van der Waals surface area contributed by atoms with Crippen molar-refractivity contribution in [1.82, 2.24) is 14.8 Å². The van der Waals surface area contributed by atoms with Crippen LogP contribution in [0.2, 0.25) is 5.02 Å². The van der Waals surface area contributed by atoms with Crippen molar-refractivity contribution in [2.75, 3.05) is 7.11 Å². The molecular formula is C19H14ClF2N3O3S. The third-order valence-corrected chi connectivity index (χ3v) is 5.75. The van der Waals surface area contributed by atoms with Gasteiger partial charge in [-0.05, 0) is 12.1 Å². The van der Waals surface area contributed by atoms with Gasteiger partial charge in [-0.15, -0.1) is 0 Å². The zero-order chi connectivity index (χ0) is 20.6. The number of rotatable bonds is 5. The summed E-state index contributed by atoms with van der Waals surface area (Å²) in [5, 5.41) is 4.27. The smallest absolute Gasteiger partial charge is 0.374 e. The maximum Gasteiger partial charge on any atom is 0.374 e. The number of hydrogen-bond donors (Lipinski definition) is 0. The van der Waals surface area contributed by atoms with Crippen molar-refractivity contribution >= 4 is 28.7 Å². The summed E-state index contributed by atoms with van der Waals surface area (Å²) in [6.07, 6.45) is 0.684. The molecule has 0 radical (unpaired) electrons. The molecule has 29 heavy (non-hydrogen) atoms. The molecule has 1 aromatic heterocycles. The van der Waals surface area contributed by atoms with Crippen molar-refractivity contribution in [1.29, 1.82) is 0 Å². The molecule has 0 amide bonds. The molecule has 2 aromatic carbocycles. The second-order valence-electron chi connectivity index (χ2n) is 6.29. The number of carbonyl (C=O) groups is 1. The Bertz CT molecular complexity index is 1080. The maximum atomic E-state index is 14.7. The van der Waals surface area contributed by atoms with Crippen LogP contribution < -0.4 is 0 Å². The number of nitrogens with zero attached hydrogens (tertiary/aromatic N) is 3. The normalized spacial score (nSPS) is 20.5. The molecule has 6 nitrogen and oxygen atoms in total. The Balaban J connectivity index is 1.75. The molecule has 1 saturated heterocycles. The fraction of sp³-hybridized carbons (Fsp3) is 0.211. The largest absolute Gasteiger partial charge is 0.461 e. The summed E-state index contributed by atoms with van der Waals surface area (Å²) in [7, 11) is 1.25. The minimum Gasteiger partial charge on any atom is -0.461 e. The van der Waals surface area contributed by atoms with Gasteiger partial charge in [0.25, 0.3) is 0 Å². The van der Waals surface area contributed by atoms with Crippen molar-refractivity contribution in [2.24, 2.45) is 0 Å². The molecule has 2 unspecified atom stereocenters. The summed E-state index contributed by atoms with van der Waals surface area (Å²) in [5.41, 5.74) is -0.365. The molecule has 0 N–H and O–H groups in total. The molecular weight excluding hydrogens is 424 g/mol. The standard InChI is InChI=1S/C19H14ClF2N3O3S/c1-27-18(26)29-17-23-10-24-25(17)9-19(13-7-6-11(21)8-15(13)22)16(28-19)12-4-2-3-5-14(12)20/h2-8,10,16H,9H2,1H3. The summed E-state index contributed by atoms with van der Waals surface area (Å²) in [4.78, 5) is 15.7. The Morgan fingerprint density at radius 3 is 2.86 bits per heavy atom. The Hall–Kier alpha value is -2.49. The number of benzene rings is 2. The molecule has 1 aliphatic rings. The summed E-state index contributed by atoms with van der Waals surface area (Å²) in [6.45, 7) is 0.0325. The highest BCUT2D eigenvalue weighted by molar-refractivity contribution is 8.13. The van der Waals surface area contributed by atoms with Gasteiger partial charge in [0.1, 0.15) is 29.7 Å². The zero-order valence-corrected chi connectivity index (χ0v) is 16.6. The van der Waals surface area contributed by atoms with Crippen LogP contribution in [0.1, 0.15) is 17.2 Å². The molecule has 0 bridgehead atoms. The molecule has 3 aromatic rings. The number of ether oxygens (including phenoxy) is 2. The van der Waals surface area contributed by atoms with E-state index in [2.05, 4.69) is 14.8 Å². The summed E-state index contributed by atoms with van der Waals surface area (Å²) in [5.74, 6) is -1.44. The van der Waals surface area contributed by atoms with Crippen LogP contribution in [0.5, 0.6) is 0 Å². The number of methoxy groups -OCH3 is 1. The topological polar surface area (TPSA) is 69.5 Å². The van der Waals surface area contributed by atoms with Gasteiger partial charge in [-0.1, -0.05) is 35.9 Å². The lowest BCUT2D eigenvalue weighted by Gasteiger charge is -2.16. The van der Waals surface area contributed by atoms with Crippen molar-refractivity contribution in [3.63, 3.8) is 0 Å². The van der Waals surface area contributed by atoms with Crippen molar-refractivity contribution < 1.29 is 23.0 Å². The molecule has 4 rings (SSSR count). The van der Waals surface area contributed by atoms with Gasteiger partial charge >= 0.3 is 5.30 Å². The lowest BCUT2D eigenvalue weighted by atomic mass is 9.91. The monoisotopic (exact) mass is 437 g/mol. The molecule has 10 heteroatoms. The minimum atomic E-state index is -1.19. The van der Waals surface area contributed by atoms with Crippen LogP contribution in [0.15, 0.2) is 53.9 Å². The SMILES string of the molecule is COC(=O)Sc1ncnn1CC1(c2ccc(F)cc2F)OC1c1ccccc1Cl. The van der Waals surface area contributed by atoms with Gasteiger partial charge in [0, 0.05) is 34.0 Å². The Labute approximate surface area is 173 Å². The van der Waals surface area contributed by atoms with Gasteiger partial charge in [0.05, 0.1) is 13.7 Å². The Kier molecular flexibility index (Phi) is 5.28. The van der Waals surface area contributed by atoms with Crippen molar-refractivity contribution in [3.05, 3.63) is 76.6 Å². The van der Waals surface area contributed by atoms with Gasteiger partial charge in [-0.2, -0.15) is 5.10 Å². The molecule has 0 spiro atoms. The molecule has 2 atom stereocenters.